The SMILES string of the molecule is CCc1nn(-c2c(C)cc(C=O)cc2C)c(=O)c(-n2cnc(Cl)n2)c1OC(=O)C(C)C. The van der Waals surface area contributed by atoms with E-state index < -0.39 is 17.4 Å². The zero-order chi connectivity index (χ0) is 22.9. The Bertz CT molecular complexity index is 1210. The Morgan fingerprint density at radius 3 is 2.32 bits per heavy atom. The molecule has 0 aliphatic heterocycles. The number of esters is 1. The number of carbonyl (C=O) groups excluding carboxylic acids is 2. The molecule has 31 heavy (non-hydrogen) atoms. The van der Waals surface area contributed by atoms with E-state index in [1.165, 1.54) is 15.7 Å². The van der Waals surface area contributed by atoms with Gasteiger partial charge in [-0.1, -0.05) is 20.8 Å². The molecule has 0 atom stereocenters. The third-order valence-corrected chi connectivity index (χ3v) is 4.83. The number of rotatable bonds is 6. The summed E-state index contributed by atoms with van der Waals surface area (Å²) in [6.45, 7) is 8.78. The number of nitrogens with zero attached hydrogens (tertiary/aromatic N) is 5. The van der Waals surface area contributed by atoms with Gasteiger partial charge in [0.05, 0.1) is 11.6 Å². The van der Waals surface area contributed by atoms with E-state index in [9.17, 15) is 14.4 Å². The molecule has 0 spiro atoms. The van der Waals surface area contributed by atoms with E-state index in [1.54, 1.807) is 39.8 Å². The molecule has 0 amide bonds. The first-order chi connectivity index (χ1) is 14.7. The van der Waals surface area contributed by atoms with E-state index in [2.05, 4.69) is 15.2 Å². The maximum absolute atomic E-state index is 13.6. The minimum absolute atomic E-state index is 0.0174. The van der Waals surface area contributed by atoms with Crippen molar-refractivity contribution in [2.24, 2.45) is 5.92 Å². The summed E-state index contributed by atoms with van der Waals surface area (Å²) in [7, 11) is 0. The van der Waals surface area contributed by atoms with Crippen LogP contribution in [0.3, 0.4) is 0 Å². The van der Waals surface area contributed by atoms with Gasteiger partial charge in [0.2, 0.25) is 5.28 Å². The zero-order valence-corrected chi connectivity index (χ0v) is 18.6. The summed E-state index contributed by atoms with van der Waals surface area (Å²) in [6, 6.07) is 3.35. The van der Waals surface area contributed by atoms with Crippen molar-refractivity contribution in [3.8, 4) is 17.1 Å². The van der Waals surface area contributed by atoms with Gasteiger partial charge < -0.3 is 4.74 Å². The van der Waals surface area contributed by atoms with Crippen LogP contribution in [0.1, 0.15) is 48.0 Å². The molecule has 0 aliphatic carbocycles. The monoisotopic (exact) mass is 443 g/mol. The van der Waals surface area contributed by atoms with Gasteiger partial charge in [0.15, 0.2) is 11.4 Å². The molecule has 162 valence electrons. The lowest BCUT2D eigenvalue weighted by Crippen LogP contribution is -2.30. The Balaban J connectivity index is 2.38. The van der Waals surface area contributed by atoms with E-state index >= 15 is 0 Å². The quantitative estimate of drug-likeness (QED) is 0.425. The van der Waals surface area contributed by atoms with Crippen LogP contribution in [0.5, 0.6) is 5.75 Å². The predicted octanol–water partition coefficient (Wildman–Crippen LogP) is 3.02. The molecule has 0 radical (unpaired) electrons. The minimum atomic E-state index is -0.574. The number of carbonyl (C=O) groups is 2. The van der Waals surface area contributed by atoms with E-state index in [0.29, 0.717) is 34.5 Å². The highest BCUT2D eigenvalue weighted by Gasteiger charge is 2.26. The van der Waals surface area contributed by atoms with Gasteiger partial charge in [-0.05, 0) is 55.1 Å². The van der Waals surface area contributed by atoms with Crippen LogP contribution in [-0.2, 0) is 11.2 Å². The Kier molecular flexibility index (Phi) is 6.35. The second kappa shape index (κ2) is 8.81. The number of aldehydes is 1. The smallest absolute Gasteiger partial charge is 0.313 e. The third kappa shape index (κ3) is 4.27. The van der Waals surface area contributed by atoms with Crippen molar-refractivity contribution in [1.29, 1.82) is 0 Å². The molecular weight excluding hydrogens is 422 g/mol. The summed E-state index contributed by atoms with van der Waals surface area (Å²) in [5.74, 6) is -0.910. The van der Waals surface area contributed by atoms with Crippen molar-refractivity contribution >= 4 is 23.9 Å². The normalized spacial score (nSPS) is 11.1. The topological polar surface area (TPSA) is 109 Å². The first-order valence-corrected chi connectivity index (χ1v) is 10.1. The number of hydrogen-bond donors (Lipinski definition) is 0. The molecule has 0 N–H and O–H groups in total. The van der Waals surface area contributed by atoms with Crippen LogP contribution >= 0.6 is 11.6 Å². The van der Waals surface area contributed by atoms with Gasteiger partial charge in [-0.2, -0.15) is 9.78 Å². The fourth-order valence-corrected chi connectivity index (χ4v) is 3.32. The van der Waals surface area contributed by atoms with Crippen molar-refractivity contribution in [3.05, 3.63) is 56.5 Å². The highest BCUT2D eigenvalue weighted by Crippen LogP contribution is 2.27. The molecule has 0 bridgehead atoms. The largest absolute Gasteiger partial charge is 0.422 e. The fourth-order valence-electron chi connectivity index (χ4n) is 3.20. The lowest BCUT2D eigenvalue weighted by molar-refractivity contribution is -0.137. The summed E-state index contributed by atoms with van der Waals surface area (Å²) in [5, 5.41) is 8.45. The fraction of sp³-hybridized carbons (Fsp3) is 0.333. The van der Waals surface area contributed by atoms with Crippen molar-refractivity contribution < 1.29 is 14.3 Å². The standard InChI is InChI=1S/C21H22ClN5O4/c1-6-15-18(31-20(30)11(2)3)17(26-10-23-21(22)25-26)19(29)27(24-15)16-12(4)7-14(9-28)8-13(16)5/h7-11H,6H2,1-5H3. The van der Waals surface area contributed by atoms with Crippen molar-refractivity contribution in [2.45, 2.75) is 41.0 Å². The van der Waals surface area contributed by atoms with E-state index in [0.717, 1.165) is 6.29 Å². The van der Waals surface area contributed by atoms with Crippen LogP contribution in [0.15, 0.2) is 23.3 Å². The highest BCUT2D eigenvalue weighted by atomic mass is 35.5. The molecule has 9 nitrogen and oxygen atoms in total. The van der Waals surface area contributed by atoms with Crippen molar-refractivity contribution in [3.63, 3.8) is 0 Å². The summed E-state index contributed by atoms with van der Waals surface area (Å²) in [6.07, 6.45) is 2.39. The molecule has 0 saturated carbocycles. The minimum Gasteiger partial charge on any atom is -0.422 e. The van der Waals surface area contributed by atoms with E-state index in [4.69, 9.17) is 16.3 Å². The van der Waals surface area contributed by atoms with Crippen LogP contribution in [-0.4, -0.2) is 36.8 Å². The molecular formula is C21H22ClN5O4. The molecule has 1 aromatic carbocycles. The first-order valence-electron chi connectivity index (χ1n) is 9.70. The number of benzene rings is 1. The van der Waals surface area contributed by atoms with Crippen LogP contribution < -0.4 is 10.3 Å². The van der Waals surface area contributed by atoms with E-state index in [-0.39, 0.29) is 16.7 Å². The van der Waals surface area contributed by atoms with Crippen LogP contribution in [0, 0.1) is 19.8 Å². The molecule has 2 aromatic heterocycles. The van der Waals surface area contributed by atoms with Crippen LogP contribution in [0.25, 0.3) is 11.4 Å². The molecule has 3 aromatic rings. The molecule has 3 rings (SSSR count). The van der Waals surface area contributed by atoms with Crippen molar-refractivity contribution in [2.75, 3.05) is 0 Å². The lowest BCUT2D eigenvalue weighted by atomic mass is 10.0. The maximum atomic E-state index is 13.6. The van der Waals surface area contributed by atoms with Crippen LogP contribution in [0.2, 0.25) is 5.28 Å². The summed E-state index contributed by atoms with van der Waals surface area (Å²) in [5.41, 5.74) is 2.18. The molecule has 0 fully saturated rings. The maximum Gasteiger partial charge on any atom is 0.313 e. The van der Waals surface area contributed by atoms with Gasteiger partial charge in [0.1, 0.15) is 18.3 Å². The number of hydrogen-bond acceptors (Lipinski definition) is 7. The molecule has 0 unspecified atom stereocenters. The Morgan fingerprint density at radius 2 is 1.84 bits per heavy atom. The van der Waals surface area contributed by atoms with Crippen LogP contribution in [0.4, 0.5) is 0 Å². The second-order valence-corrected chi connectivity index (χ2v) is 7.69. The third-order valence-electron chi connectivity index (χ3n) is 4.66. The Morgan fingerprint density at radius 1 is 1.19 bits per heavy atom. The summed E-state index contributed by atoms with van der Waals surface area (Å²) in [4.78, 5) is 41.0. The average Bonchev–Trinajstić information content (AvgIpc) is 3.14. The molecule has 2 heterocycles. The number of aromatic nitrogens is 5. The molecule has 0 aliphatic rings. The Labute approximate surface area is 183 Å². The van der Waals surface area contributed by atoms with Gasteiger partial charge in [-0.3, -0.25) is 14.4 Å². The molecule has 0 saturated heterocycles. The zero-order valence-electron chi connectivity index (χ0n) is 17.8. The molecule has 10 heteroatoms. The van der Waals surface area contributed by atoms with Gasteiger partial charge in [0.25, 0.3) is 0 Å². The number of halogens is 1. The van der Waals surface area contributed by atoms with E-state index in [1.807, 2.05) is 6.92 Å². The summed E-state index contributed by atoms with van der Waals surface area (Å²) >= 11 is 5.88. The van der Waals surface area contributed by atoms with Gasteiger partial charge >= 0.3 is 11.5 Å². The second-order valence-electron chi connectivity index (χ2n) is 7.35. The number of aryl methyl sites for hydroxylation is 3. The number of ether oxygens (including phenoxy) is 1. The van der Waals surface area contributed by atoms with Gasteiger partial charge in [0, 0.05) is 5.56 Å². The first kappa shape index (κ1) is 22.4. The Hall–Kier alpha value is -3.33. The van der Waals surface area contributed by atoms with Gasteiger partial charge in [-0.25, -0.2) is 9.67 Å². The van der Waals surface area contributed by atoms with Crippen molar-refractivity contribution in [1.82, 2.24) is 24.5 Å². The highest BCUT2D eigenvalue weighted by molar-refractivity contribution is 6.28. The lowest BCUT2D eigenvalue weighted by Gasteiger charge is -2.18. The van der Waals surface area contributed by atoms with Gasteiger partial charge in [-0.15, -0.1) is 5.10 Å². The predicted molar refractivity (Wildman–Crippen MR) is 114 cm³/mol. The average molecular weight is 444 g/mol. The summed E-state index contributed by atoms with van der Waals surface area (Å²) < 4.78 is 7.98.